The summed E-state index contributed by atoms with van der Waals surface area (Å²) < 4.78 is 37.5. The highest BCUT2D eigenvalue weighted by Gasteiger charge is 2.23. The Balaban J connectivity index is 1.45. The molecule has 3 aromatic rings. The number of allylic oxidation sites excluding steroid dienone is 5. The molecule has 2 aromatic carbocycles. The fourth-order valence-electron chi connectivity index (χ4n) is 4.58. The maximum Gasteiger partial charge on any atom is 0.262 e. The molecule has 0 aliphatic carbocycles. The highest BCUT2D eigenvalue weighted by atomic mass is 32.2. The first-order valence-corrected chi connectivity index (χ1v) is 18.1. The number of carbonyl (C=O) groups excluding carboxylic acids is 2. The van der Waals surface area contributed by atoms with E-state index in [1.165, 1.54) is 25.1 Å². The first kappa shape index (κ1) is 36.8. The van der Waals surface area contributed by atoms with Crippen LogP contribution >= 0.6 is 11.8 Å². The Kier molecular flexibility index (Phi) is 12.0. The molecule has 0 atom stereocenters. The largest absolute Gasteiger partial charge is 0.497 e. The molecule has 1 aromatic heterocycles. The van der Waals surface area contributed by atoms with Gasteiger partial charge in [-0.25, -0.2) is 13.4 Å². The Morgan fingerprint density at radius 2 is 1.69 bits per heavy atom. The second-order valence-electron chi connectivity index (χ2n) is 12.2. The predicted molar refractivity (Wildman–Crippen MR) is 198 cm³/mol. The van der Waals surface area contributed by atoms with Gasteiger partial charge in [-0.05, 0) is 70.7 Å². The molecule has 0 saturated carbocycles. The van der Waals surface area contributed by atoms with Gasteiger partial charge in [0.05, 0.1) is 42.3 Å². The molecule has 2 heterocycles. The number of ether oxygens (including phenoxy) is 2. The van der Waals surface area contributed by atoms with E-state index in [4.69, 9.17) is 9.47 Å². The number of hydrogen-bond acceptors (Lipinski definition) is 9. The predicted octanol–water partition coefficient (Wildman–Crippen LogP) is 6.38. The van der Waals surface area contributed by atoms with Crippen LogP contribution < -0.4 is 30.1 Å². The maximum atomic E-state index is 13.7. The number of aromatic nitrogens is 1. The number of pyridine rings is 1. The topological polar surface area (TPSA) is 148 Å². The molecule has 1 aliphatic heterocycles. The molecule has 4 N–H and O–H groups in total. The maximum absolute atomic E-state index is 13.7. The molecule has 13 heteroatoms. The number of rotatable bonds is 11. The fraction of sp³-hybridized carbons (Fsp3) is 0.250. The van der Waals surface area contributed by atoms with Gasteiger partial charge in [0.1, 0.15) is 11.6 Å². The molecule has 4 rings (SSSR count). The van der Waals surface area contributed by atoms with E-state index < -0.39 is 15.9 Å². The number of anilines is 3. The third kappa shape index (κ3) is 10.7. The second-order valence-corrected chi connectivity index (χ2v) is 15.0. The normalized spacial score (nSPS) is 16.3. The quantitative estimate of drug-likeness (QED) is 0.179. The molecule has 0 spiro atoms. The van der Waals surface area contributed by atoms with Gasteiger partial charge < -0.3 is 25.4 Å². The molecular weight excluding hydrogens is 663 g/mol. The molecule has 0 bridgehead atoms. The number of carbonyl (C=O) groups is 2. The Morgan fingerprint density at radius 1 is 0.980 bits per heavy atom. The van der Waals surface area contributed by atoms with Gasteiger partial charge in [0.15, 0.2) is 5.75 Å². The van der Waals surface area contributed by atoms with Crippen LogP contribution in [0, 0.1) is 0 Å². The Morgan fingerprint density at radius 3 is 2.31 bits per heavy atom. The minimum atomic E-state index is -3.64. The minimum Gasteiger partial charge on any atom is -0.497 e. The van der Waals surface area contributed by atoms with Crippen molar-refractivity contribution in [3.05, 3.63) is 118 Å². The van der Waals surface area contributed by atoms with Crippen molar-refractivity contribution in [3.63, 3.8) is 0 Å². The van der Waals surface area contributed by atoms with Crippen LogP contribution in [0.3, 0.4) is 0 Å². The summed E-state index contributed by atoms with van der Waals surface area (Å²) in [6.45, 7) is 10.5. The van der Waals surface area contributed by atoms with Crippen LogP contribution in [0.15, 0.2) is 102 Å². The number of methoxy groups -OCH3 is 2. The minimum absolute atomic E-state index is 0.169. The van der Waals surface area contributed by atoms with Crippen LogP contribution in [-0.4, -0.2) is 51.4 Å². The zero-order valence-corrected chi connectivity index (χ0v) is 30.0. The summed E-state index contributed by atoms with van der Waals surface area (Å²) >= 11 is 1.21. The lowest BCUT2D eigenvalue weighted by atomic mass is 9.86. The summed E-state index contributed by atoms with van der Waals surface area (Å²) in [6, 6.07) is 14.6. The molecule has 0 fully saturated rings. The van der Waals surface area contributed by atoms with Crippen molar-refractivity contribution >= 4 is 50.8 Å². The van der Waals surface area contributed by atoms with E-state index in [2.05, 4.69) is 32.2 Å². The summed E-state index contributed by atoms with van der Waals surface area (Å²) in [5.74, 6) is 1.03. The van der Waals surface area contributed by atoms with Gasteiger partial charge >= 0.3 is 0 Å². The lowest BCUT2D eigenvalue weighted by Crippen LogP contribution is -2.24. The van der Waals surface area contributed by atoms with Crippen molar-refractivity contribution in [3.8, 4) is 11.5 Å². The first-order chi connectivity index (χ1) is 23.1. The van der Waals surface area contributed by atoms with E-state index >= 15 is 0 Å². The Labute approximate surface area is 292 Å². The molecule has 11 nitrogen and oxygen atoms in total. The van der Waals surface area contributed by atoms with Crippen LogP contribution in [0.5, 0.6) is 11.5 Å². The number of nitrogens with one attached hydrogen (secondary N) is 4. The lowest BCUT2D eigenvalue weighted by Gasteiger charge is -2.24. The van der Waals surface area contributed by atoms with Crippen LogP contribution in [0.25, 0.3) is 0 Å². The number of hydrogen-bond donors (Lipinski definition) is 4. The standard InChI is InChI=1S/C36H41N5O6S2/c1-23-9-8-10-27(39-34(42)25-13-16-32(38-21-25)37-20-24-11-14-28(46-5)15-12-24)22-48-31(17-23)35(43)40-29-18-26(36(2,3)4)19-30(33(29)47-6)41-49(7,44)45/h8-19,21,41H,1,20,22H2,2-7H3,(H,37,38)(H,39,42)(H,40,43)/b9-8-,27-10+,31-17-. The van der Waals surface area contributed by atoms with Crippen molar-refractivity contribution in [1.29, 1.82) is 0 Å². The van der Waals surface area contributed by atoms with E-state index in [1.54, 1.807) is 55.7 Å². The second kappa shape index (κ2) is 15.9. The highest BCUT2D eigenvalue weighted by Crippen LogP contribution is 2.39. The smallest absolute Gasteiger partial charge is 0.262 e. The van der Waals surface area contributed by atoms with Crippen molar-refractivity contribution in [2.45, 2.75) is 32.7 Å². The number of benzene rings is 2. The van der Waals surface area contributed by atoms with Crippen molar-refractivity contribution < 1.29 is 27.5 Å². The molecule has 0 unspecified atom stereocenters. The number of thioether (sulfide) groups is 1. The summed E-state index contributed by atoms with van der Waals surface area (Å²) in [4.78, 5) is 31.5. The van der Waals surface area contributed by atoms with Gasteiger partial charge in [-0.2, -0.15) is 0 Å². The SMILES string of the molecule is C=C1/C=C\C=C(\NC(=O)c2ccc(NCc3ccc(OC)cc3)nc2)CS/C(C(=O)Nc2cc(C(C)(C)C)cc(NS(C)(=O)=O)c2OC)=C\1. The van der Waals surface area contributed by atoms with E-state index in [0.29, 0.717) is 39.8 Å². The van der Waals surface area contributed by atoms with Crippen LogP contribution in [0.4, 0.5) is 17.2 Å². The lowest BCUT2D eigenvalue weighted by molar-refractivity contribution is -0.112. The average molecular weight is 704 g/mol. The van der Waals surface area contributed by atoms with Gasteiger partial charge in [-0.15, -0.1) is 11.8 Å². The zero-order chi connectivity index (χ0) is 35.8. The van der Waals surface area contributed by atoms with Crippen LogP contribution in [0.2, 0.25) is 0 Å². The van der Waals surface area contributed by atoms with Crippen molar-refractivity contribution in [2.75, 3.05) is 41.6 Å². The average Bonchev–Trinajstić information content (AvgIpc) is 3.13. The summed E-state index contributed by atoms with van der Waals surface area (Å²) in [6.07, 6.45) is 9.42. The third-order valence-corrected chi connectivity index (χ3v) is 8.83. The molecule has 258 valence electrons. The van der Waals surface area contributed by atoms with Crippen LogP contribution in [-0.2, 0) is 26.8 Å². The first-order valence-electron chi connectivity index (χ1n) is 15.2. The number of nitrogens with zero attached hydrogens (tertiary/aromatic N) is 1. The van der Waals surface area contributed by atoms with E-state index in [1.807, 2.05) is 45.0 Å². The number of sulfonamides is 1. The fourth-order valence-corrected chi connectivity index (χ4v) is 6.03. The summed E-state index contributed by atoms with van der Waals surface area (Å²) in [5.41, 5.74) is 3.47. The monoisotopic (exact) mass is 703 g/mol. The van der Waals surface area contributed by atoms with Crippen LogP contribution in [0.1, 0.15) is 42.3 Å². The van der Waals surface area contributed by atoms with Gasteiger partial charge in [-0.3, -0.25) is 14.3 Å². The highest BCUT2D eigenvalue weighted by molar-refractivity contribution is 8.04. The summed E-state index contributed by atoms with van der Waals surface area (Å²) in [7, 11) is -0.618. The molecule has 2 amide bonds. The third-order valence-electron chi connectivity index (χ3n) is 7.17. The molecule has 0 saturated heterocycles. The van der Waals surface area contributed by atoms with E-state index in [-0.39, 0.29) is 28.5 Å². The van der Waals surface area contributed by atoms with Gasteiger partial charge in [-0.1, -0.05) is 51.6 Å². The zero-order valence-electron chi connectivity index (χ0n) is 28.3. The van der Waals surface area contributed by atoms with Gasteiger partial charge in [0.2, 0.25) is 10.0 Å². The van der Waals surface area contributed by atoms with Gasteiger partial charge in [0, 0.05) is 24.2 Å². The van der Waals surface area contributed by atoms with Crippen molar-refractivity contribution in [1.82, 2.24) is 10.3 Å². The Bertz CT molecular complexity index is 1910. The Hall–Kier alpha value is -5.01. The summed E-state index contributed by atoms with van der Waals surface area (Å²) in [5, 5.41) is 9.05. The number of amides is 2. The van der Waals surface area contributed by atoms with Crippen molar-refractivity contribution in [2.24, 2.45) is 0 Å². The van der Waals surface area contributed by atoms with E-state index in [9.17, 15) is 18.0 Å². The molecule has 1 aliphatic rings. The molecule has 0 radical (unpaired) electrons. The molecular formula is C36H41N5O6S2. The molecule has 49 heavy (non-hydrogen) atoms. The van der Waals surface area contributed by atoms with Gasteiger partial charge in [0.25, 0.3) is 11.8 Å². The van der Waals surface area contributed by atoms with E-state index in [0.717, 1.165) is 23.1 Å².